The molecule has 0 saturated carbocycles. The van der Waals surface area contributed by atoms with Crippen LogP contribution in [0.25, 0.3) is 0 Å². The minimum atomic E-state index is -2.55. The zero-order chi connectivity index (χ0) is 8.48. The molecule has 0 aromatic carbocycles. The summed E-state index contributed by atoms with van der Waals surface area (Å²) in [6.45, 7) is 1.80. The fraction of sp³-hybridized carbons (Fsp3) is 0.857. The molecule has 4 heteroatoms. The number of piperidine rings is 1. The molecule has 0 bridgehead atoms. The first-order valence-corrected chi connectivity index (χ1v) is 3.65. The minimum absolute atomic E-state index is 0.111. The van der Waals surface area contributed by atoms with Crippen molar-refractivity contribution in [3.8, 4) is 0 Å². The lowest BCUT2D eigenvalue weighted by Crippen LogP contribution is -2.41. The van der Waals surface area contributed by atoms with Crippen molar-refractivity contribution in [2.24, 2.45) is 0 Å². The van der Waals surface area contributed by atoms with E-state index in [0.717, 1.165) is 0 Å². The van der Waals surface area contributed by atoms with Crippen LogP contribution in [0, 0.1) is 0 Å². The van der Waals surface area contributed by atoms with Crippen LogP contribution in [0.3, 0.4) is 0 Å². The molecule has 1 heterocycles. The van der Waals surface area contributed by atoms with Gasteiger partial charge in [-0.05, 0) is 0 Å². The largest absolute Gasteiger partial charge is 0.342 e. The van der Waals surface area contributed by atoms with Crippen molar-refractivity contribution in [1.82, 2.24) is 4.90 Å². The fourth-order valence-corrected chi connectivity index (χ4v) is 1.15. The van der Waals surface area contributed by atoms with E-state index < -0.39 is 5.92 Å². The highest BCUT2D eigenvalue weighted by atomic mass is 19.3. The second kappa shape index (κ2) is 2.75. The molecule has 1 aliphatic rings. The Kier molecular flexibility index (Phi) is 2.11. The molecule has 64 valence electrons. The second-order valence-corrected chi connectivity index (χ2v) is 2.86. The van der Waals surface area contributed by atoms with Gasteiger partial charge in [-0.1, -0.05) is 0 Å². The van der Waals surface area contributed by atoms with Crippen LogP contribution in [-0.2, 0) is 4.79 Å². The summed E-state index contributed by atoms with van der Waals surface area (Å²) in [6.07, 6.45) is -0.376. The number of carbonyl (C=O) groups excluding carboxylic acids is 1. The molecule has 1 rings (SSSR count). The Balaban J connectivity index is 2.42. The Morgan fingerprint density at radius 1 is 1.36 bits per heavy atom. The molecule has 2 nitrogen and oxygen atoms in total. The van der Waals surface area contributed by atoms with Crippen molar-refractivity contribution in [1.29, 1.82) is 0 Å². The molecule has 1 amide bonds. The van der Waals surface area contributed by atoms with Crippen LogP contribution in [-0.4, -0.2) is 29.8 Å². The number of halogens is 2. The minimum Gasteiger partial charge on any atom is -0.342 e. The van der Waals surface area contributed by atoms with E-state index in [9.17, 15) is 13.6 Å². The van der Waals surface area contributed by atoms with E-state index in [1.165, 1.54) is 11.8 Å². The number of hydrogen-bond acceptors (Lipinski definition) is 1. The number of rotatable bonds is 0. The van der Waals surface area contributed by atoms with Crippen molar-refractivity contribution < 1.29 is 13.6 Å². The summed E-state index contributed by atoms with van der Waals surface area (Å²) < 4.78 is 25.0. The zero-order valence-electron chi connectivity index (χ0n) is 6.44. The predicted octanol–water partition coefficient (Wildman–Crippen LogP) is 1.26. The van der Waals surface area contributed by atoms with Gasteiger partial charge >= 0.3 is 0 Å². The van der Waals surface area contributed by atoms with Crippen molar-refractivity contribution in [2.45, 2.75) is 25.7 Å². The van der Waals surface area contributed by atoms with Gasteiger partial charge in [0.1, 0.15) is 0 Å². The molecule has 0 aromatic heterocycles. The van der Waals surface area contributed by atoms with Crippen LogP contribution < -0.4 is 0 Å². The average Bonchev–Trinajstić information content (AvgIpc) is 1.86. The first kappa shape index (κ1) is 8.43. The van der Waals surface area contributed by atoms with Crippen LogP contribution in [0.1, 0.15) is 19.8 Å². The normalized spacial score (nSPS) is 23.4. The predicted molar refractivity (Wildman–Crippen MR) is 36.4 cm³/mol. The molecule has 0 unspecified atom stereocenters. The Morgan fingerprint density at radius 2 is 1.82 bits per heavy atom. The summed E-state index contributed by atoms with van der Waals surface area (Å²) >= 11 is 0. The Morgan fingerprint density at radius 3 is 2.18 bits per heavy atom. The highest BCUT2D eigenvalue weighted by Crippen LogP contribution is 2.27. The smallest absolute Gasteiger partial charge is 0.251 e. The van der Waals surface area contributed by atoms with E-state index in [2.05, 4.69) is 0 Å². The van der Waals surface area contributed by atoms with Gasteiger partial charge in [-0.3, -0.25) is 4.79 Å². The number of hydrogen-bond donors (Lipinski definition) is 0. The molecule has 0 aromatic rings. The van der Waals surface area contributed by atoms with Crippen LogP contribution >= 0.6 is 0 Å². The SMILES string of the molecule is CC(=O)N1CCC(F)(F)CC1. The Labute approximate surface area is 64.2 Å². The molecule has 11 heavy (non-hydrogen) atoms. The number of carbonyl (C=O) groups is 1. The summed E-state index contributed by atoms with van der Waals surface area (Å²) in [5.74, 6) is -2.66. The Hall–Kier alpha value is -0.670. The second-order valence-electron chi connectivity index (χ2n) is 2.86. The van der Waals surface area contributed by atoms with Crippen molar-refractivity contribution >= 4 is 5.91 Å². The monoisotopic (exact) mass is 163 g/mol. The third kappa shape index (κ3) is 2.13. The van der Waals surface area contributed by atoms with E-state index in [1.807, 2.05) is 0 Å². The van der Waals surface area contributed by atoms with Crippen molar-refractivity contribution in [3.63, 3.8) is 0 Å². The molecule has 0 N–H and O–H groups in total. The van der Waals surface area contributed by atoms with Crippen molar-refractivity contribution in [3.05, 3.63) is 0 Å². The van der Waals surface area contributed by atoms with Gasteiger partial charge in [-0.2, -0.15) is 0 Å². The number of nitrogens with zero attached hydrogens (tertiary/aromatic N) is 1. The van der Waals surface area contributed by atoms with E-state index in [1.54, 1.807) is 0 Å². The maximum Gasteiger partial charge on any atom is 0.251 e. The summed E-state index contributed by atoms with van der Waals surface area (Å²) in [5.41, 5.74) is 0. The van der Waals surface area contributed by atoms with E-state index in [0.29, 0.717) is 0 Å². The van der Waals surface area contributed by atoms with Crippen LogP contribution in [0.5, 0.6) is 0 Å². The maximum absolute atomic E-state index is 12.5. The van der Waals surface area contributed by atoms with Gasteiger partial charge in [0.15, 0.2) is 0 Å². The standard InChI is InChI=1S/C7H11F2NO/c1-6(11)10-4-2-7(8,9)3-5-10/h2-5H2,1H3. The maximum atomic E-state index is 12.5. The molecule has 1 saturated heterocycles. The summed E-state index contributed by atoms with van der Waals surface area (Å²) in [4.78, 5) is 12.1. The van der Waals surface area contributed by atoms with E-state index >= 15 is 0 Å². The number of likely N-dealkylation sites (tertiary alicyclic amines) is 1. The van der Waals surface area contributed by atoms with E-state index in [4.69, 9.17) is 0 Å². The topological polar surface area (TPSA) is 20.3 Å². The lowest BCUT2D eigenvalue weighted by Gasteiger charge is -2.30. The van der Waals surface area contributed by atoms with Crippen LogP contribution in [0.2, 0.25) is 0 Å². The highest BCUT2D eigenvalue weighted by molar-refractivity contribution is 5.73. The molecule has 0 atom stereocenters. The third-order valence-electron chi connectivity index (χ3n) is 1.94. The fourth-order valence-electron chi connectivity index (χ4n) is 1.15. The lowest BCUT2D eigenvalue weighted by atomic mass is 10.1. The van der Waals surface area contributed by atoms with Crippen LogP contribution in [0.4, 0.5) is 8.78 Å². The third-order valence-corrected chi connectivity index (χ3v) is 1.94. The molecule has 1 aliphatic heterocycles. The van der Waals surface area contributed by atoms with Crippen molar-refractivity contribution in [2.75, 3.05) is 13.1 Å². The summed E-state index contributed by atoms with van der Waals surface area (Å²) in [5, 5.41) is 0. The number of amides is 1. The van der Waals surface area contributed by atoms with Gasteiger partial charge in [-0.25, -0.2) is 8.78 Å². The van der Waals surface area contributed by atoms with Gasteiger partial charge in [0, 0.05) is 32.9 Å². The first-order valence-electron chi connectivity index (χ1n) is 3.65. The van der Waals surface area contributed by atoms with Gasteiger partial charge in [0.2, 0.25) is 5.91 Å². The van der Waals surface area contributed by atoms with Gasteiger partial charge < -0.3 is 4.90 Å². The molecular weight excluding hydrogens is 152 g/mol. The molecular formula is C7H11F2NO. The number of alkyl halides is 2. The average molecular weight is 163 g/mol. The van der Waals surface area contributed by atoms with E-state index in [-0.39, 0.29) is 31.8 Å². The van der Waals surface area contributed by atoms with Gasteiger partial charge in [0.25, 0.3) is 5.92 Å². The molecule has 1 fully saturated rings. The summed E-state index contributed by atoms with van der Waals surface area (Å²) in [7, 11) is 0. The molecule has 0 radical (unpaired) electrons. The quantitative estimate of drug-likeness (QED) is 0.526. The van der Waals surface area contributed by atoms with Gasteiger partial charge in [0.05, 0.1) is 0 Å². The molecule has 0 spiro atoms. The van der Waals surface area contributed by atoms with Gasteiger partial charge in [-0.15, -0.1) is 0 Å². The lowest BCUT2D eigenvalue weighted by molar-refractivity contribution is -0.134. The Bertz CT molecular complexity index is 160. The summed E-state index contributed by atoms with van der Waals surface area (Å²) in [6, 6.07) is 0. The highest BCUT2D eigenvalue weighted by Gasteiger charge is 2.34. The first-order chi connectivity index (χ1) is 5.01. The molecule has 0 aliphatic carbocycles. The zero-order valence-corrected chi connectivity index (χ0v) is 6.44. The van der Waals surface area contributed by atoms with Crippen LogP contribution in [0.15, 0.2) is 0 Å².